The van der Waals surface area contributed by atoms with E-state index in [1.807, 2.05) is 48.5 Å². The van der Waals surface area contributed by atoms with Gasteiger partial charge in [-0.3, -0.25) is 9.59 Å². The number of imidazole rings is 1. The Morgan fingerprint density at radius 3 is 2.83 bits per heavy atom. The van der Waals surface area contributed by atoms with Crippen molar-refractivity contribution in [2.24, 2.45) is 0 Å². The molecule has 0 fully saturated rings. The number of carbonyl (C=O) groups excluding carboxylic acids is 2. The second kappa shape index (κ2) is 6.79. The summed E-state index contributed by atoms with van der Waals surface area (Å²) < 4.78 is 5.32. The molecule has 1 aliphatic rings. The van der Waals surface area contributed by atoms with E-state index in [9.17, 15) is 9.59 Å². The number of fused-ring (bicyclic) bond motifs is 2. The van der Waals surface area contributed by atoms with Crippen LogP contribution in [0, 0.1) is 0 Å². The fourth-order valence-electron chi connectivity index (χ4n) is 3.26. The summed E-state index contributed by atoms with van der Waals surface area (Å²) >= 11 is 0. The van der Waals surface area contributed by atoms with Gasteiger partial charge in [-0.1, -0.05) is 24.3 Å². The number of nitrogens with one attached hydrogen (secondary N) is 3. The van der Waals surface area contributed by atoms with E-state index >= 15 is 0 Å². The van der Waals surface area contributed by atoms with Gasteiger partial charge in [-0.05, 0) is 42.5 Å². The zero-order chi connectivity index (χ0) is 19.8. The third-order valence-electron chi connectivity index (χ3n) is 4.66. The fraction of sp³-hybridized carbons (Fsp3) is 0.0455. The largest absolute Gasteiger partial charge is 0.482 e. The van der Waals surface area contributed by atoms with Gasteiger partial charge in [0.2, 0.25) is 0 Å². The lowest BCUT2D eigenvalue weighted by atomic mass is 10.1. The Labute approximate surface area is 165 Å². The van der Waals surface area contributed by atoms with Crippen molar-refractivity contribution in [3.05, 3.63) is 72.3 Å². The first-order chi connectivity index (χ1) is 14.2. The molecule has 0 aliphatic carbocycles. The third kappa shape index (κ3) is 3.29. The number of aromatic nitrogens is 2. The monoisotopic (exact) mass is 384 g/mol. The van der Waals surface area contributed by atoms with Crippen LogP contribution in [-0.2, 0) is 4.79 Å². The molecule has 0 bridgehead atoms. The van der Waals surface area contributed by atoms with Gasteiger partial charge < -0.3 is 20.4 Å². The molecular weight excluding hydrogens is 368 g/mol. The van der Waals surface area contributed by atoms with Crippen LogP contribution in [0.5, 0.6) is 5.75 Å². The minimum atomic E-state index is -0.283. The molecule has 2 amide bonds. The smallest absolute Gasteiger partial charge is 0.262 e. The Kier molecular flexibility index (Phi) is 3.98. The van der Waals surface area contributed by atoms with Crippen molar-refractivity contribution in [2.75, 3.05) is 17.2 Å². The second-order valence-electron chi connectivity index (χ2n) is 6.69. The molecule has 1 aliphatic heterocycles. The van der Waals surface area contributed by atoms with Crippen LogP contribution in [0.2, 0.25) is 0 Å². The highest BCUT2D eigenvalue weighted by molar-refractivity contribution is 6.06. The number of ether oxygens (including phenoxy) is 1. The van der Waals surface area contributed by atoms with Crippen LogP contribution in [0.15, 0.2) is 66.7 Å². The summed E-state index contributed by atoms with van der Waals surface area (Å²) in [6.45, 7) is -0.0207. The van der Waals surface area contributed by atoms with Gasteiger partial charge >= 0.3 is 0 Å². The zero-order valence-electron chi connectivity index (χ0n) is 15.2. The zero-order valence-corrected chi connectivity index (χ0v) is 15.2. The van der Waals surface area contributed by atoms with Gasteiger partial charge in [0.1, 0.15) is 11.6 Å². The van der Waals surface area contributed by atoms with Crippen LogP contribution in [0.25, 0.3) is 22.4 Å². The molecule has 2 heterocycles. The van der Waals surface area contributed by atoms with Crippen LogP contribution in [0.3, 0.4) is 0 Å². The fourth-order valence-corrected chi connectivity index (χ4v) is 3.26. The lowest BCUT2D eigenvalue weighted by Gasteiger charge is -2.18. The Morgan fingerprint density at radius 1 is 1.03 bits per heavy atom. The molecule has 0 spiro atoms. The van der Waals surface area contributed by atoms with Gasteiger partial charge in [0.25, 0.3) is 11.8 Å². The van der Waals surface area contributed by atoms with E-state index in [2.05, 4.69) is 20.6 Å². The number of nitrogens with zero attached hydrogens (tertiary/aromatic N) is 1. The van der Waals surface area contributed by atoms with Gasteiger partial charge in [-0.25, -0.2) is 4.98 Å². The maximum Gasteiger partial charge on any atom is 0.262 e. The average Bonchev–Trinajstić information content (AvgIpc) is 3.18. The Bertz CT molecular complexity index is 1230. The molecule has 7 heteroatoms. The molecule has 3 aromatic carbocycles. The van der Waals surface area contributed by atoms with Crippen molar-refractivity contribution in [1.82, 2.24) is 9.97 Å². The first-order valence-electron chi connectivity index (χ1n) is 9.09. The van der Waals surface area contributed by atoms with Crippen LogP contribution in [-0.4, -0.2) is 28.4 Å². The number of para-hydroxylation sites is 2. The van der Waals surface area contributed by atoms with E-state index in [0.29, 0.717) is 22.7 Å². The molecule has 1 aromatic heterocycles. The van der Waals surface area contributed by atoms with Gasteiger partial charge in [0, 0.05) is 16.8 Å². The summed E-state index contributed by atoms with van der Waals surface area (Å²) in [4.78, 5) is 32.1. The van der Waals surface area contributed by atoms with Crippen molar-refractivity contribution in [1.29, 1.82) is 0 Å². The third-order valence-corrected chi connectivity index (χ3v) is 4.66. The summed E-state index contributed by atoms with van der Waals surface area (Å²) in [5, 5.41) is 5.59. The molecule has 3 N–H and O–H groups in total. The molecule has 29 heavy (non-hydrogen) atoms. The standard InChI is InChI=1S/C22H16N4O3/c27-20-12-29-19-9-8-14(11-18(19)24-20)22(28)23-15-5-3-4-13(10-15)21-25-16-6-1-2-7-17(16)26-21/h1-11H,12H2,(H,23,28)(H,24,27)(H,25,26). The first kappa shape index (κ1) is 17.0. The summed E-state index contributed by atoms with van der Waals surface area (Å²) in [7, 11) is 0. The van der Waals surface area contributed by atoms with Crippen LogP contribution < -0.4 is 15.4 Å². The SMILES string of the molecule is O=C1COc2ccc(C(=O)Nc3cccc(-c4nc5ccccc5[nH]4)c3)cc2N1. The highest BCUT2D eigenvalue weighted by Gasteiger charge is 2.18. The van der Waals surface area contributed by atoms with Crippen molar-refractivity contribution >= 4 is 34.2 Å². The topological polar surface area (TPSA) is 96.1 Å². The molecule has 0 saturated carbocycles. The minimum Gasteiger partial charge on any atom is -0.482 e. The van der Waals surface area contributed by atoms with Gasteiger partial charge in [-0.2, -0.15) is 0 Å². The molecule has 0 unspecified atom stereocenters. The molecule has 142 valence electrons. The summed E-state index contributed by atoms with van der Waals surface area (Å²) in [6, 6.07) is 20.2. The number of hydrogen-bond acceptors (Lipinski definition) is 4. The van der Waals surface area contributed by atoms with Crippen molar-refractivity contribution in [3.8, 4) is 17.1 Å². The maximum absolute atomic E-state index is 12.7. The molecule has 0 atom stereocenters. The van der Waals surface area contributed by atoms with E-state index in [-0.39, 0.29) is 18.4 Å². The highest BCUT2D eigenvalue weighted by Crippen LogP contribution is 2.29. The van der Waals surface area contributed by atoms with Crippen LogP contribution in [0.1, 0.15) is 10.4 Å². The second-order valence-corrected chi connectivity index (χ2v) is 6.69. The Morgan fingerprint density at radius 2 is 1.93 bits per heavy atom. The number of H-pyrrole nitrogens is 1. The number of carbonyl (C=O) groups is 2. The molecule has 0 saturated heterocycles. The van der Waals surface area contributed by atoms with Gasteiger partial charge in [0.15, 0.2) is 6.61 Å². The number of benzene rings is 3. The minimum absolute atomic E-state index is 0.0207. The number of amides is 2. The highest BCUT2D eigenvalue weighted by atomic mass is 16.5. The Hall–Kier alpha value is -4.13. The van der Waals surface area contributed by atoms with Crippen LogP contribution >= 0.6 is 0 Å². The predicted molar refractivity (Wildman–Crippen MR) is 110 cm³/mol. The van der Waals surface area contributed by atoms with Crippen molar-refractivity contribution in [3.63, 3.8) is 0 Å². The van der Waals surface area contributed by atoms with E-state index in [1.54, 1.807) is 18.2 Å². The van der Waals surface area contributed by atoms with E-state index < -0.39 is 0 Å². The number of anilines is 2. The van der Waals surface area contributed by atoms with Crippen molar-refractivity contribution in [2.45, 2.75) is 0 Å². The van der Waals surface area contributed by atoms with Gasteiger partial charge in [-0.15, -0.1) is 0 Å². The molecule has 5 rings (SSSR count). The van der Waals surface area contributed by atoms with Crippen LogP contribution in [0.4, 0.5) is 11.4 Å². The molecule has 4 aromatic rings. The predicted octanol–water partition coefficient (Wildman–Crippen LogP) is 3.81. The van der Waals surface area contributed by atoms with E-state index in [1.165, 1.54) is 0 Å². The number of hydrogen-bond donors (Lipinski definition) is 3. The normalized spacial score (nSPS) is 12.8. The number of rotatable bonds is 3. The quantitative estimate of drug-likeness (QED) is 0.500. The maximum atomic E-state index is 12.7. The van der Waals surface area contributed by atoms with E-state index in [4.69, 9.17) is 4.74 Å². The Balaban J connectivity index is 1.39. The van der Waals surface area contributed by atoms with Crippen molar-refractivity contribution < 1.29 is 14.3 Å². The lowest BCUT2D eigenvalue weighted by molar-refractivity contribution is -0.118. The molecular formula is C22H16N4O3. The summed E-state index contributed by atoms with van der Waals surface area (Å²) in [6.07, 6.45) is 0. The van der Waals surface area contributed by atoms with Gasteiger partial charge in [0.05, 0.1) is 16.7 Å². The average molecular weight is 384 g/mol. The molecule has 0 radical (unpaired) electrons. The lowest BCUT2D eigenvalue weighted by Crippen LogP contribution is -2.25. The summed E-state index contributed by atoms with van der Waals surface area (Å²) in [5.74, 6) is 0.756. The molecule has 7 nitrogen and oxygen atoms in total. The first-order valence-corrected chi connectivity index (χ1v) is 9.09. The number of aromatic amines is 1. The summed E-state index contributed by atoms with van der Waals surface area (Å²) in [5.41, 5.74) is 4.26. The van der Waals surface area contributed by atoms with E-state index in [0.717, 1.165) is 22.4 Å².